The molecule has 1 N–H and O–H groups in total. The van der Waals surface area contributed by atoms with Crippen molar-refractivity contribution in [1.29, 1.82) is 0 Å². The normalized spacial score (nSPS) is 11.8. The Balaban J connectivity index is 2.97. The van der Waals surface area contributed by atoms with Crippen LogP contribution >= 0.6 is 15.9 Å². The molecule has 1 nitrogen and oxygen atoms in total. The average Bonchev–Trinajstić information content (AvgIpc) is 2.28. The summed E-state index contributed by atoms with van der Waals surface area (Å²) in [6.45, 7) is 4.59. The molecule has 3 heteroatoms. The first kappa shape index (κ1) is 13.2. The highest BCUT2D eigenvalue weighted by Gasteiger charge is 2.13. The summed E-state index contributed by atoms with van der Waals surface area (Å²) in [5.74, 6) is 5.63. The van der Waals surface area contributed by atoms with Crippen molar-refractivity contribution < 1.29 is 4.39 Å². The van der Waals surface area contributed by atoms with Crippen LogP contribution < -0.4 is 5.32 Å². The van der Waals surface area contributed by atoms with Crippen LogP contribution in [0.15, 0.2) is 22.7 Å². The smallest absolute Gasteiger partial charge is 0.128 e. The van der Waals surface area contributed by atoms with Crippen molar-refractivity contribution in [3.05, 3.63) is 34.1 Å². The van der Waals surface area contributed by atoms with E-state index in [4.69, 9.17) is 0 Å². The van der Waals surface area contributed by atoms with Gasteiger partial charge in [0.15, 0.2) is 0 Å². The van der Waals surface area contributed by atoms with Crippen molar-refractivity contribution in [3.8, 4) is 11.8 Å². The largest absolute Gasteiger partial charge is 0.309 e. The second-order valence-electron chi connectivity index (χ2n) is 3.41. The third kappa shape index (κ3) is 3.62. The fraction of sp³-hybridized carbons (Fsp3) is 0.385. The Morgan fingerprint density at radius 1 is 1.50 bits per heavy atom. The van der Waals surface area contributed by atoms with Gasteiger partial charge in [-0.25, -0.2) is 4.39 Å². The standard InChI is InChI=1S/C13H15BrFN/c1-3-5-6-13(16-4-2)11-9-10(14)7-8-12(11)15/h7-9,13,16H,4,6H2,1-2H3. The second kappa shape index (κ2) is 6.67. The Hall–Kier alpha value is -0.850. The Bertz CT molecular complexity index is 406. The van der Waals surface area contributed by atoms with Gasteiger partial charge in [0.1, 0.15) is 5.82 Å². The van der Waals surface area contributed by atoms with Crippen molar-refractivity contribution in [3.63, 3.8) is 0 Å². The predicted molar refractivity (Wildman–Crippen MR) is 68.6 cm³/mol. The van der Waals surface area contributed by atoms with Crippen LogP contribution in [0.3, 0.4) is 0 Å². The molecule has 0 spiro atoms. The summed E-state index contributed by atoms with van der Waals surface area (Å²) in [5, 5.41) is 3.24. The van der Waals surface area contributed by atoms with Crippen LogP contribution in [0.1, 0.15) is 31.9 Å². The minimum atomic E-state index is -0.188. The van der Waals surface area contributed by atoms with Crippen LogP contribution in [-0.2, 0) is 0 Å². The molecule has 1 rings (SSSR count). The van der Waals surface area contributed by atoms with E-state index in [1.165, 1.54) is 6.07 Å². The zero-order valence-electron chi connectivity index (χ0n) is 9.48. The molecule has 0 aromatic heterocycles. The first-order chi connectivity index (χ1) is 7.69. The van der Waals surface area contributed by atoms with E-state index in [1.54, 1.807) is 19.1 Å². The van der Waals surface area contributed by atoms with Gasteiger partial charge in [-0.05, 0) is 31.7 Å². The van der Waals surface area contributed by atoms with E-state index in [9.17, 15) is 4.39 Å². The Kier molecular flexibility index (Phi) is 5.51. The van der Waals surface area contributed by atoms with Gasteiger partial charge in [0, 0.05) is 22.5 Å². The predicted octanol–water partition coefficient (Wildman–Crippen LogP) is 3.65. The van der Waals surface area contributed by atoms with Crippen LogP contribution in [0, 0.1) is 17.7 Å². The second-order valence-corrected chi connectivity index (χ2v) is 4.32. The molecular weight excluding hydrogens is 269 g/mol. The first-order valence-corrected chi connectivity index (χ1v) is 6.06. The minimum absolute atomic E-state index is 0.0463. The van der Waals surface area contributed by atoms with E-state index >= 15 is 0 Å². The van der Waals surface area contributed by atoms with Crippen LogP contribution in [-0.4, -0.2) is 6.54 Å². The van der Waals surface area contributed by atoms with Gasteiger partial charge in [0.25, 0.3) is 0 Å². The highest BCUT2D eigenvalue weighted by molar-refractivity contribution is 9.10. The SMILES string of the molecule is CC#CCC(NCC)c1cc(Br)ccc1F. The number of hydrogen-bond donors (Lipinski definition) is 1. The van der Waals surface area contributed by atoms with Gasteiger partial charge < -0.3 is 5.32 Å². The number of halogens is 2. The third-order valence-electron chi connectivity index (χ3n) is 2.27. The van der Waals surface area contributed by atoms with E-state index in [-0.39, 0.29) is 11.9 Å². The summed E-state index contributed by atoms with van der Waals surface area (Å²) >= 11 is 3.35. The van der Waals surface area contributed by atoms with Crippen LogP contribution in [0.2, 0.25) is 0 Å². The molecule has 0 fully saturated rings. The third-order valence-corrected chi connectivity index (χ3v) is 2.76. The molecule has 0 bridgehead atoms. The van der Waals surface area contributed by atoms with Crippen LogP contribution in [0.4, 0.5) is 4.39 Å². The van der Waals surface area contributed by atoms with Crippen LogP contribution in [0.5, 0.6) is 0 Å². The van der Waals surface area contributed by atoms with E-state index < -0.39 is 0 Å². The summed E-state index contributed by atoms with van der Waals surface area (Å²) < 4.78 is 14.5. The van der Waals surface area contributed by atoms with Crippen molar-refractivity contribution in [2.45, 2.75) is 26.3 Å². The molecule has 1 aromatic carbocycles. The summed E-state index contributed by atoms with van der Waals surface area (Å²) in [5.41, 5.74) is 0.666. The monoisotopic (exact) mass is 283 g/mol. The van der Waals surface area contributed by atoms with E-state index in [0.717, 1.165) is 11.0 Å². The number of benzene rings is 1. The molecule has 0 saturated carbocycles. The Morgan fingerprint density at radius 3 is 2.88 bits per heavy atom. The van der Waals surface area contributed by atoms with Gasteiger partial charge in [-0.15, -0.1) is 11.8 Å². The summed E-state index contributed by atoms with van der Waals surface area (Å²) in [7, 11) is 0. The Labute approximate surface area is 105 Å². The fourth-order valence-electron chi connectivity index (χ4n) is 1.52. The molecule has 0 radical (unpaired) electrons. The van der Waals surface area contributed by atoms with Crippen molar-refractivity contribution in [1.82, 2.24) is 5.32 Å². The van der Waals surface area contributed by atoms with Gasteiger partial charge in [-0.1, -0.05) is 22.9 Å². The molecule has 0 heterocycles. The number of hydrogen-bond acceptors (Lipinski definition) is 1. The van der Waals surface area contributed by atoms with Gasteiger partial charge in [0.05, 0.1) is 0 Å². The van der Waals surface area contributed by atoms with Crippen molar-refractivity contribution in [2.75, 3.05) is 6.54 Å². The zero-order chi connectivity index (χ0) is 12.0. The van der Waals surface area contributed by atoms with Gasteiger partial charge in [-0.3, -0.25) is 0 Å². The highest BCUT2D eigenvalue weighted by Crippen LogP contribution is 2.23. The van der Waals surface area contributed by atoms with Crippen molar-refractivity contribution in [2.24, 2.45) is 0 Å². The highest BCUT2D eigenvalue weighted by atomic mass is 79.9. The molecule has 0 aliphatic heterocycles. The molecule has 0 aliphatic rings. The first-order valence-electron chi connectivity index (χ1n) is 5.27. The average molecular weight is 284 g/mol. The Morgan fingerprint density at radius 2 is 2.25 bits per heavy atom. The summed E-state index contributed by atoms with van der Waals surface area (Å²) in [6, 6.07) is 4.94. The van der Waals surface area contributed by atoms with Crippen LogP contribution in [0.25, 0.3) is 0 Å². The molecule has 0 saturated heterocycles. The molecule has 16 heavy (non-hydrogen) atoms. The molecule has 1 atom stereocenters. The molecule has 86 valence electrons. The lowest BCUT2D eigenvalue weighted by Gasteiger charge is -2.16. The van der Waals surface area contributed by atoms with E-state index in [1.807, 2.05) is 6.92 Å². The number of rotatable bonds is 4. The van der Waals surface area contributed by atoms with E-state index in [0.29, 0.717) is 12.0 Å². The maximum Gasteiger partial charge on any atom is 0.128 e. The maximum atomic E-state index is 13.7. The van der Waals surface area contributed by atoms with Gasteiger partial charge >= 0.3 is 0 Å². The minimum Gasteiger partial charge on any atom is -0.309 e. The molecule has 0 amide bonds. The lowest BCUT2D eigenvalue weighted by molar-refractivity contribution is 0.520. The topological polar surface area (TPSA) is 12.0 Å². The van der Waals surface area contributed by atoms with Crippen molar-refractivity contribution >= 4 is 15.9 Å². The van der Waals surface area contributed by atoms with Gasteiger partial charge in [-0.2, -0.15) is 0 Å². The van der Waals surface area contributed by atoms with Gasteiger partial charge in [0.2, 0.25) is 0 Å². The lowest BCUT2D eigenvalue weighted by atomic mass is 10.0. The maximum absolute atomic E-state index is 13.7. The molecule has 1 unspecified atom stereocenters. The van der Waals surface area contributed by atoms with E-state index in [2.05, 4.69) is 33.1 Å². The lowest BCUT2D eigenvalue weighted by Crippen LogP contribution is -2.21. The molecule has 0 aliphatic carbocycles. The summed E-state index contributed by atoms with van der Waals surface area (Å²) in [4.78, 5) is 0. The zero-order valence-corrected chi connectivity index (χ0v) is 11.1. The fourth-order valence-corrected chi connectivity index (χ4v) is 1.90. The molecule has 1 aromatic rings. The summed E-state index contributed by atoms with van der Waals surface area (Å²) in [6.07, 6.45) is 0.623. The quantitative estimate of drug-likeness (QED) is 0.832. The number of nitrogens with one attached hydrogen (secondary N) is 1. The molecular formula is C13H15BrFN.